The molecule has 0 saturated carbocycles. The summed E-state index contributed by atoms with van der Waals surface area (Å²) in [6.45, 7) is 13.6. The van der Waals surface area contributed by atoms with Crippen LogP contribution in [0.3, 0.4) is 0 Å². The van der Waals surface area contributed by atoms with E-state index in [2.05, 4.69) is 13.5 Å². The fourth-order valence-corrected chi connectivity index (χ4v) is 6.59. The summed E-state index contributed by atoms with van der Waals surface area (Å²) in [7, 11) is 0. The van der Waals surface area contributed by atoms with Gasteiger partial charge in [0.1, 0.15) is 11.6 Å². The first-order chi connectivity index (χ1) is 15.5. The first-order valence-electron chi connectivity index (χ1n) is 12.3. The normalized spacial score (nSPS) is 34.5. The minimum atomic E-state index is -1.19. The van der Waals surface area contributed by atoms with Crippen LogP contribution in [-0.2, 0) is 19.1 Å². The van der Waals surface area contributed by atoms with E-state index >= 15 is 0 Å². The second-order valence-corrected chi connectivity index (χ2v) is 10.7. The van der Waals surface area contributed by atoms with Crippen molar-refractivity contribution in [1.29, 1.82) is 0 Å². The summed E-state index contributed by atoms with van der Waals surface area (Å²) in [5.41, 5.74) is -2.18. The number of nitrogens with zero attached hydrogens (tertiary/aromatic N) is 2. The minimum Gasteiger partial charge on any atom is -0.481 e. The topological polar surface area (TPSA) is 107 Å². The average Bonchev–Trinajstić information content (AvgIpc) is 3.30. The predicted octanol–water partition coefficient (Wildman–Crippen LogP) is 2.45. The fraction of sp³-hybridized carbons (Fsp3) is 0.800. The Hall–Kier alpha value is -1.93. The van der Waals surface area contributed by atoms with E-state index in [1.54, 1.807) is 17.9 Å². The molecule has 3 saturated heterocycles. The Kier molecular flexibility index (Phi) is 7.30. The Bertz CT molecular complexity index is 800. The zero-order chi connectivity index (χ0) is 24.7. The molecule has 7 atom stereocenters. The molecule has 3 rings (SSSR count). The smallest absolute Gasteiger partial charge is 0.310 e. The molecule has 1 spiro atoms. The van der Waals surface area contributed by atoms with E-state index in [0.717, 1.165) is 12.8 Å². The summed E-state index contributed by atoms with van der Waals surface area (Å²) in [4.78, 5) is 43.6. The maximum Gasteiger partial charge on any atom is 0.310 e. The van der Waals surface area contributed by atoms with Gasteiger partial charge in [0.05, 0.1) is 30.1 Å². The second kappa shape index (κ2) is 9.37. The number of hydrogen-bond donors (Lipinski definition) is 2. The van der Waals surface area contributed by atoms with Gasteiger partial charge in [-0.2, -0.15) is 0 Å². The number of likely N-dealkylation sites (tertiary alicyclic amines) is 1. The number of ether oxygens (including phenoxy) is 1. The van der Waals surface area contributed by atoms with Gasteiger partial charge in [0.25, 0.3) is 0 Å². The molecule has 3 fully saturated rings. The standard InChI is InChI=1S/C25H40N2O6/c1-7-9-16(5)26(12-8-2)22(30)20-25-11-10-24(6,33-25)19(23(31)32)18(25)21(29)27(20)17(14-28)13-15(3)4/h8,15-20,28H,2,7,9-14H2,1,3-6H3,(H,31,32)/t16?,17-,18+,19-,20?,24+,25?/m1/s1. The third kappa shape index (κ3) is 3.99. The molecule has 0 radical (unpaired) electrons. The molecule has 0 aromatic rings. The van der Waals surface area contributed by atoms with Crippen molar-refractivity contribution in [3.63, 3.8) is 0 Å². The summed E-state index contributed by atoms with van der Waals surface area (Å²) in [6, 6.07) is -1.62. The van der Waals surface area contributed by atoms with Gasteiger partial charge in [0.15, 0.2) is 0 Å². The van der Waals surface area contributed by atoms with Crippen molar-refractivity contribution in [3.8, 4) is 0 Å². The molecule has 2 amide bonds. The highest BCUT2D eigenvalue weighted by atomic mass is 16.5. The van der Waals surface area contributed by atoms with Crippen molar-refractivity contribution in [2.24, 2.45) is 17.8 Å². The van der Waals surface area contributed by atoms with Crippen molar-refractivity contribution in [1.82, 2.24) is 9.80 Å². The molecular formula is C25H40N2O6. The van der Waals surface area contributed by atoms with E-state index < -0.39 is 41.1 Å². The van der Waals surface area contributed by atoms with E-state index in [4.69, 9.17) is 4.74 Å². The maximum atomic E-state index is 14.2. The second-order valence-electron chi connectivity index (χ2n) is 10.7. The number of amides is 2. The van der Waals surface area contributed by atoms with Crippen molar-refractivity contribution < 1.29 is 29.3 Å². The Morgan fingerprint density at radius 3 is 2.52 bits per heavy atom. The van der Waals surface area contributed by atoms with Gasteiger partial charge in [-0.25, -0.2) is 0 Å². The van der Waals surface area contributed by atoms with E-state index in [1.807, 2.05) is 20.8 Å². The predicted molar refractivity (Wildman–Crippen MR) is 123 cm³/mol. The zero-order valence-corrected chi connectivity index (χ0v) is 20.6. The quantitative estimate of drug-likeness (QED) is 0.455. The SMILES string of the molecule is C=CCN(C(=O)C1N([C@@H](CO)CC(C)C)C(=O)[C@@H]2[C@H](C(=O)O)[C@]3(C)CCC12O3)C(C)CCC. The highest BCUT2D eigenvalue weighted by molar-refractivity contribution is 5.98. The van der Waals surface area contributed by atoms with Crippen LogP contribution in [0.2, 0.25) is 0 Å². The Balaban J connectivity index is 2.13. The first kappa shape index (κ1) is 25.7. The Morgan fingerprint density at radius 2 is 2.00 bits per heavy atom. The van der Waals surface area contributed by atoms with Crippen molar-refractivity contribution in [2.75, 3.05) is 13.2 Å². The number of aliphatic hydroxyl groups excluding tert-OH is 1. The molecule has 0 aromatic heterocycles. The lowest BCUT2D eigenvalue weighted by atomic mass is 9.66. The number of carboxylic acid groups (broad SMARTS) is 1. The molecule has 0 aromatic carbocycles. The monoisotopic (exact) mass is 464 g/mol. The van der Waals surface area contributed by atoms with Crippen LogP contribution in [0.4, 0.5) is 0 Å². The van der Waals surface area contributed by atoms with Crippen molar-refractivity contribution in [2.45, 2.75) is 96.1 Å². The van der Waals surface area contributed by atoms with Gasteiger partial charge in [-0.3, -0.25) is 14.4 Å². The van der Waals surface area contributed by atoms with Gasteiger partial charge < -0.3 is 24.7 Å². The van der Waals surface area contributed by atoms with Crippen LogP contribution < -0.4 is 0 Å². The molecule has 0 aliphatic carbocycles. The summed E-state index contributed by atoms with van der Waals surface area (Å²) in [5, 5.41) is 20.3. The molecule has 3 aliphatic rings. The number of carbonyl (C=O) groups excluding carboxylic acids is 2. The molecule has 2 N–H and O–H groups in total. The number of carboxylic acids is 1. The number of aliphatic hydroxyl groups is 1. The number of aliphatic carboxylic acids is 1. The van der Waals surface area contributed by atoms with Crippen LogP contribution in [0, 0.1) is 17.8 Å². The van der Waals surface area contributed by atoms with Gasteiger partial charge in [-0.1, -0.05) is 33.3 Å². The van der Waals surface area contributed by atoms with Gasteiger partial charge >= 0.3 is 5.97 Å². The van der Waals surface area contributed by atoms with Gasteiger partial charge in [0, 0.05) is 12.6 Å². The number of rotatable bonds is 11. The average molecular weight is 465 g/mol. The summed E-state index contributed by atoms with van der Waals surface area (Å²) < 4.78 is 6.45. The third-order valence-corrected chi connectivity index (χ3v) is 7.91. The lowest BCUT2D eigenvalue weighted by Crippen LogP contribution is -2.60. The summed E-state index contributed by atoms with van der Waals surface area (Å²) in [5.74, 6) is -3.47. The van der Waals surface area contributed by atoms with Gasteiger partial charge in [-0.05, 0) is 45.4 Å². The lowest BCUT2D eigenvalue weighted by Gasteiger charge is -2.41. The summed E-state index contributed by atoms with van der Waals surface area (Å²) in [6.07, 6.45) is 4.79. The highest BCUT2D eigenvalue weighted by Gasteiger charge is 2.78. The zero-order valence-electron chi connectivity index (χ0n) is 20.6. The molecule has 33 heavy (non-hydrogen) atoms. The van der Waals surface area contributed by atoms with E-state index in [1.165, 1.54) is 4.90 Å². The molecule has 8 nitrogen and oxygen atoms in total. The molecular weight excluding hydrogens is 424 g/mol. The molecule has 3 aliphatic heterocycles. The maximum absolute atomic E-state index is 14.2. The molecule has 186 valence electrons. The van der Waals surface area contributed by atoms with Crippen LogP contribution in [-0.4, -0.2) is 80.3 Å². The van der Waals surface area contributed by atoms with Crippen LogP contribution in [0.25, 0.3) is 0 Å². The highest BCUT2D eigenvalue weighted by Crippen LogP contribution is 2.63. The van der Waals surface area contributed by atoms with Crippen LogP contribution in [0.1, 0.15) is 66.7 Å². The number of hydrogen-bond acceptors (Lipinski definition) is 5. The molecule has 8 heteroatoms. The van der Waals surface area contributed by atoms with Gasteiger partial charge in [0.2, 0.25) is 11.8 Å². The fourth-order valence-electron chi connectivity index (χ4n) is 6.59. The summed E-state index contributed by atoms with van der Waals surface area (Å²) >= 11 is 0. The van der Waals surface area contributed by atoms with E-state index in [9.17, 15) is 24.6 Å². The molecule has 3 heterocycles. The van der Waals surface area contributed by atoms with Crippen molar-refractivity contribution in [3.05, 3.63) is 12.7 Å². The molecule has 2 bridgehead atoms. The van der Waals surface area contributed by atoms with E-state index in [-0.39, 0.29) is 30.4 Å². The van der Waals surface area contributed by atoms with Crippen LogP contribution in [0.5, 0.6) is 0 Å². The lowest BCUT2D eigenvalue weighted by molar-refractivity contribution is -0.159. The van der Waals surface area contributed by atoms with Crippen LogP contribution in [0.15, 0.2) is 12.7 Å². The Labute approximate surface area is 196 Å². The van der Waals surface area contributed by atoms with Gasteiger partial charge in [-0.15, -0.1) is 6.58 Å². The number of fused-ring (bicyclic) bond motifs is 1. The van der Waals surface area contributed by atoms with Crippen LogP contribution >= 0.6 is 0 Å². The largest absolute Gasteiger partial charge is 0.481 e. The number of carbonyl (C=O) groups is 3. The Morgan fingerprint density at radius 1 is 1.33 bits per heavy atom. The van der Waals surface area contributed by atoms with E-state index in [0.29, 0.717) is 25.8 Å². The van der Waals surface area contributed by atoms with Crippen molar-refractivity contribution >= 4 is 17.8 Å². The minimum absolute atomic E-state index is 0.0740. The molecule has 3 unspecified atom stereocenters. The first-order valence-corrected chi connectivity index (χ1v) is 12.3. The third-order valence-electron chi connectivity index (χ3n) is 7.91.